The first-order valence-corrected chi connectivity index (χ1v) is 6.19. The number of nitrogens with zero attached hydrogens (tertiary/aromatic N) is 1. The zero-order valence-electron chi connectivity index (χ0n) is 11.4. The number of nitrogens with one attached hydrogen (secondary N) is 1. The first kappa shape index (κ1) is 13.1. The standard InChI is InChI=1S/C15H12N2O4/c1-6-3-7-8(5-17-6)13(16)11-9(18)4-10(21-2)15(20)12(11)14(7)19/h3-5,16,18,20H,1-2H3. The van der Waals surface area contributed by atoms with Gasteiger partial charge in [0.2, 0.25) is 0 Å². The molecule has 0 bridgehead atoms. The van der Waals surface area contributed by atoms with Gasteiger partial charge in [-0.05, 0) is 13.0 Å². The Hall–Kier alpha value is -2.89. The van der Waals surface area contributed by atoms with Gasteiger partial charge in [-0.15, -0.1) is 0 Å². The Bertz CT molecular complexity index is 812. The average Bonchev–Trinajstić information content (AvgIpc) is 2.46. The molecule has 0 unspecified atom stereocenters. The highest BCUT2D eigenvalue weighted by molar-refractivity contribution is 6.31. The molecule has 0 saturated carbocycles. The van der Waals surface area contributed by atoms with Crippen LogP contribution in [-0.4, -0.2) is 33.8 Å². The number of hydrogen-bond donors (Lipinski definition) is 3. The summed E-state index contributed by atoms with van der Waals surface area (Å²) in [6.07, 6.45) is 1.43. The SMILES string of the molecule is COc1cc(O)c2c(c1O)C(=O)c1cc(C)ncc1C2=N. The van der Waals surface area contributed by atoms with Crippen molar-refractivity contribution < 1.29 is 19.7 Å². The minimum Gasteiger partial charge on any atom is -0.507 e. The Morgan fingerprint density at radius 2 is 1.90 bits per heavy atom. The highest BCUT2D eigenvalue weighted by Crippen LogP contribution is 2.43. The van der Waals surface area contributed by atoms with Gasteiger partial charge >= 0.3 is 0 Å². The van der Waals surface area contributed by atoms with Gasteiger partial charge in [0.15, 0.2) is 17.3 Å². The second kappa shape index (κ2) is 4.31. The fourth-order valence-corrected chi connectivity index (χ4v) is 2.48. The van der Waals surface area contributed by atoms with Crippen molar-refractivity contribution in [2.75, 3.05) is 7.11 Å². The van der Waals surface area contributed by atoms with Crippen molar-refractivity contribution >= 4 is 11.5 Å². The summed E-state index contributed by atoms with van der Waals surface area (Å²) < 4.78 is 4.94. The summed E-state index contributed by atoms with van der Waals surface area (Å²) >= 11 is 0. The number of phenolic OH excluding ortho intramolecular Hbond substituents is 2. The molecule has 21 heavy (non-hydrogen) atoms. The van der Waals surface area contributed by atoms with E-state index in [2.05, 4.69) is 4.98 Å². The second-order valence-electron chi connectivity index (χ2n) is 4.77. The van der Waals surface area contributed by atoms with E-state index in [1.165, 1.54) is 19.4 Å². The fourth-order valence-electron chi connectivity index (χ4n) is 2.48. The third kappa shape index (κ3) is 1.69. The van der Waals surface area contributed by atoms with E-state index in [0.29, 0.717) is 11.3 Å². The van der Waals surface area contributed by atoms with Gasteiger partial charge in [-0.25, -0.2) is 0 Å². The molecule has 1 aromatic heterocycles. The highest BCUT2D eigenvalue weighted by atomic mass is 16.5. The van der Waals surface area contributed by atoms with Crippen LogP contribution in [0, 0.1) is 12.3 Å². The van der Waals surface area contributed by atoms with Crippen LogP contribution in [0.1, 0.15) is 32.7 Å². The molecule has 2 aromatic rings. The lowest BCUT2D eigenvalue weighted by Gasteiger charge is -2.22. The number of aryl methyl sites for hydroxylation is 1. The van der Waals surface area contributed by atoms with Gasteiger partial charge < -0.3 is 14.9 Å². The average molecular weight is 284 g/mol. The van der Waals surface area contributed by atoms with E-state index in [9.17, 15) is 15.0 Å². The van der Waals surface area contributed by atoms with Crippen LogP contribution in [-0.2, 0) is 0 Å². The number of phenols is 2. The summed E-state index contributed by atoms with van der Waals surface area (Å²) in [7, 11) is 1.32. The molecule has 0 atom stereocenters. The number of pyridine rings is 1. The lowest BCUT2D eigenvalue weighted by Crippen LogP contribution is -2.22. The van der Waals surface area contributed by atoms with Crippen LogP contribution < -0.4 is 4.74 Å². The molecule has 0 saturated heterocycles. The predicted octanol–water partition coefficient (Wildman–Crippen LogP) is 1.77. The number of aromatic hydroxyl groups is 2. The van der Waals surface area contributed by atoms with Gasteiger partial charge in [0.1, 0.15) is 5.75 Å². The number of rotatable bonds is 1. The van der Waals surface area contributed by atoms with Crippen LogP contribution in [0.5, 0.6) is 17.2 Å². The summed E-state index contributed by atoms with van der Waals surface area (Å²) in [6.45, 7) is 1.73. The van der Waals surface area contributed by atoms with Crippen LogP contribution in [0.15, 0.2) is 18.3 Å². The maximum absolute atomic E-state index is 12.6. The van der Waals surface area contributed by atoms with Gasteiger partial charge in [0.05, 0.1) is 23.9 Å². The summed E-state index contributed by atoms with van der Waals surface area (Å²) in [4.78, 5) is 16.7. The van der Waals surface area contributed by atoms with Crippen molar-refractivity contribution in [3.8, 4) is 17.2 Å². The molecule has 0 fully saturated rings. The molecule has 0 aliphatic heterocycles. The number of carbonyl (C=O) groups excluding carboxylic acids is 1. The van der Waals surface area contributed by atoms with Crippen molar-refractivity contribution in [1.29, 1.82) is 5.41 Å². The van der Waals surface area contributed by atoms with E-state index in [0.717, 1.165) is 0 Å². The van der Waals surface area contributed by atoms with Crippen molar-refractivity contribution in [1.82, 2.24) is 4.98 Å². The zero-order valence-corrected chi connectivity index (χ0v) is 11.4. The second-order valence-corrected chi connectivity index (χ2v) is 4.77. The molecule has 0 radical (unpaired) electrons. The quantitative estimate of drug-likeness (QED) is 0.591. The minimum atomic E-state index is -0.465. The number of methoxy groups -OCH3 is 1. The number of aromatic nitrogens is 1. The Labute approximate surface area is 120 Å². The van der Waals surface area contributed by atoms with Gasteiger partial charge in [0.25, 0.3) is 0 Å². The Balaban J connectivity index is 2.38. The van der Waals surface area contributed by atoms with Crippen LogP contribution in [0.25, 0.3) is 0 Å². The normalized spacial score (nSPS) is 12.9. The molecule has 1 aromatic carbocycles. The van der Waals surface area contributed by atoms with Crippen LogP contribution in [0.4, 0.5) is 0 Å². The molecule has 3 N–H and O–H groups in total. The summed E-state index contributed by atoms with van der Waals surface area (Å²) in [5.74, 6) is -1.14. The van der Waals surface area contributed by atoms with E-state index in [-0.39, 0.29) is 39.7 Å². The van der Waals surface area contributed by atoms with E-state index in [1.54, 1.807) is 13.0 Å². The molecule has 1 aliphatic carbocycles. The smallest absolute Gasteiger partial charge is 0.198 e. The van der Waals surface area contributed by atoms with Gasteiger partial charge in [-0.2, -0.15) is 0 Å². The molecule has 0 spiro atoms. The van der Waals surface area contributed by atoms with Gasteiger partial charge in [-0.1, -0.05) is 0 Å². The molecule has 0 amide bonds. The van der Waals surface area contributed by atoms with E-state index >= 15 is 0 Å². The minimum absolute atomic E-state index is 0.00328. The first-order chi connectivity index (χ1) is 9.95. The number of fused-ring (bicyclic) bond motifs is 2. The fraction of sp³-hybridized carbons (Fsp3) is 0.133. The largest absolute Gasteiger partial charge is 0.507 e. The predicted molar refractivity (Wildman–Crippen MR) is 74.7 cm³/mol. The summed E-state index contributed by atoms with van der Waals surface area (Å²) in [6, 6.07) is 2.74. The summed E-state index contributed by atoms with van der Waals surface area (Å²) in [5, 5.41) is 28.4. The molecule has 1 heterocycles. The Morgan fingerprint density at radius 3 is 2.57 bits per heavy atom. The van der Waals surface area contributed by atoms with Gasteiger partial charge in [-0.3, -0.25) is 15.2 Å². The van der Waals surface area contributed by atoms with Crippen molar-refractivity contribution in [3.63, 3.8) is 0 Å². The molecule has 6 heteroatoms. The van der Waals surface area contributed by atoms with Crippen molar-refractivity contribution in [3.05, 3.63) is 46.3 Å². The summed E-state index contributed by atoms with van der Waals surface area (Å²) in [5.41, 5.74) is 1.07. The van der Waals surface area contributed by atoms with Crippen molar-refractivity contribution in [2.45, 2.75) is 6.92 Å². The van der Waals surface area contributed by atoms with Crippen LogP contribution >= 0.6 is 0 Å². The van der Waals surface area contributed by atoms with Crippen molar-refractivity contribution in [2.24, 2.45) is 0 Å². The first-order valence-electron chi connectivity index (χ1n) is 6.19. The van der Waals surface area contributed by atoms with E-state index in [4.69, 9.17) is 10.1 Å². The lowest BCUT2D eigenvalue weighted by molar-refractivity contribution is 0.103. The highest BCUT2D eigenvalue weighted by Gasteiger charge is 2.34. The number of hydrogen-bond acceptors (Lipinski definition) is 6. The molecule has 1 aliphatic rings. The molecular weight excluding hydrogens is 272 g/mol. The molecule has 6 nitrogen and oxygen atoms in total. The number of ketones is 1. The lowest BCUT2D eigenvalue weighted by atomic mass is 9.83. The number of ether oxygens (including phenoxy) is 1. The van der Waals surface area contributed by atoms with E-state index < -0.39 is 5.78 Å². The van der Waals surface area contributed by atoms with Crippen LogP contribution in [0.3, 0.4) is 0 Å². The van der Waals surface area contributed by atoms with Gasteiger partial charge in [0, 0.05) is 29.1 Å². The maximum atomic E-state index is 12.6. The number of benzene rings is 1. The Morgan fingerprint density at radius 1 is 1.19 bits per heavy atom. The zero-order chi connectivity index (χ0) is 15.3. The molecule has 3 rings (SSSR count). The third-order valence-electron chi connectivity index (χ3n) is 3.50. The maximum Gasteiger partial charge on any atom is 0.198 e. The topological polar surface area (TPSA) is 104 Å². The number of carbonyl (C=O) groups is 1. The Kier molecular flexibility index (Phi) is 2.69. The molecular formula is C15H12N2O4. The molecule has 106 valence electrons. The van der Waals surface area contributed by atoms with Crippen LogP contribution in [0.2, 0.25) is 0 Å². The third-order valence-corrected chi connectivity index (χ3v) is 3.50. The van der Waals surface area contributed by atoms with E-state index in [1.807, 2.05) is 0 Å². The monoisotopic (exact) mass is 284 g/mol.